The highest BCUT2D eigenvalue weighted by atomic mass is 79.9. The first-order valence-electron chi connectivity index (χ1n) is 8.23. The van der Waals surface area contributed by atoms with Crippen LogP contribution in [0.2, 0.25) is 0 Å². The highest BCUT2D eigenvalue weighted by Crippen LogP contribution is 2.13. The van der Waals surface area contributed by atoms with Crippen molar-refractivity contribution in [3.8, 4) is 0 Å². The number of hydrogen-bond acceptors (Lipinski definition) is 3. The molecule has 3 rings (SSSR count). The van der Waals surface area contributed by atoms with Crippen molar-refractivity contribution in [3.05, 3.63) is 46.3 Å². The first-order chi connectivity index (χ1) is 11.6. The third-order valence-corrected chi connectivity index (χ3v) is 4.84. The molecule has 1 aliphatic heterocycles. The number of nitrogens with one attached hydrogen (secondary N) is 3. The molecule has 0 bridgehead atoms. The molecule has 1 fully saturated rings. The maximum atomic E-state index is 12.2. The molecular formula is C17H23BrN4O2+2. The molecule has 0 saturated carbocycles. The fourth-order valence-electron chi connectivity index (χ4n) is 3.03. The van der Waals surface area contributed by atoms with Crippen LogP contribution in [0.5, 0.6) is 0 Å². The van der Waals surface area contributed by atoms with Crippen LogP contribution < -0.4 is 15.1 Å². The summed E-state index contributed by atoms with van der Waals surface area (Å²) in [6.45, 7) is 7.43. The highest BCUT2D eigenvalue weighted by molar-refractivity contribution is 9.10. The molecule has 0 atom stereocenters. The summed E-state index contributed by atoms with van der Waals surface area (Å²) in [4.78, 5) is 15.0. The molecule has 7 heteroatoms. The van der Waals surface area contributed by atoms with Gasteiger partial charge in [0.15, 0.2) is 6.54 Å². The number of amides is 1. The van der Waals surface area contributed by atoms with Gasteiger partial charge >= 0.3 is 0 Å². The number of benzene rings is 1. The number of piperazine rings is 1. The molecule has 3 N–H and O–H groups in total. The van der Waals surface area contributed by atoms with E-state index >= 15 is 0 Å². The summed E-state index contributed by atoms with van der Waals surface area (Å²) in [5.41, 5.74) is 1.85. The second-order valence-corrected chi connectivity index (χ2v) is 7.25. The summed E-state index contributed by atoms with van der Waals surface area (Å²) in [6.07, 6.45) is 0. The van der Waals surface area contributed by atoms with Crippen molar-refractivity contribution in [2.75, 3.05) is 38.0 Å². The van der Waals surface area contributed by atoms with Gasteiger partial charge in [0.2, 0.25) is 0 Å². The second kappa shape index (κ2) is 7.92. The Morgan fingerprint density at radius 1 is 1.21 bits per heavy atom. The van der Waals surface area contributed by atoms with Crippen molar-refractivity contribution < 1.29 is 19.1 Å². The monoisotopic (exact) mass is 394 g/mol. The van der Waals surface area contributed by atoms with Crippen molar-refractivity contribution in [2.24, 2.45) is 0 Å². The predicted molar refractivity (Wildman–Crippen MR) is 94.0 cm³/mol. The lowest BCUT2D eigenvalue weighted by molar-refractivity contribution is -1.02. The van der Waals surface area contributed by atoms with Crippen molar-refractivity contribution >= 4 is 27.5 Å². The van der Waals surface area contributed by atoms with Gasteiger partial charge in [-0.15, -0.1) is 0 Å². The fourth-order valence-corrected chi connectivity index (χ4v) is 3.30. The Bertz CT molecular complexity index is 678. The van der Waals surface area contributed by atoms with E-state index in [1.807, 2.05) is 37.3 Å². The topological polar surface area (TPSA) is 64.0 Å². The summed E-state index contributed by atoms with van der Waals surface area (Å²) in [7, 11) is 0. The number of carbonyl (C=O) groups excluding carboxylic acids is 1. The molecule has 0 radical (unpaired) electrons. The van der Waals surface area contributed by atoms with E-state index in [1.54, 1.807) is 0 Å². The summed E-state index contributed by atoms with van der Waals surface area (Å²) in [5.74, 6) is 0.932. The van der Waals surface area contributed by atoms with E-state index in [2.05, 4.69) is 26.4 Å². The molecule has 0 spiro atoms. The first-order valence-corrected chi connectivity index (χ1v) is 9.02. The minimum absolute atomic E-state index is 0.0721. The Labute approximate surface area is 149 Å². The summed E-state index contributed by atoms with van der Waals surface area (Å²) in [5, 5.41) is 7.02. The lowest BCUT2D eigenvalue weighted by atomic mass is 10.2. The number of anilines is 1. The van der Waals surface area contributed by atoms with E-state index in [-0.39, 0.29) is 5.91 Å². The molecule has 0 unspecified atom stereocenters. The van der Waals surface area contributed by atoms with Crippen LogP contribution in [0.3, 0.4) is 0 Å². The van der Waals surface area contributed by atoms with Crippen LogP contribution in [-0.4, -0.2) is 43.8 Å². The van der Waals surface area contributed by atoms with Gasteiger partial charge in [-0.3, -0.25) is 4.79 Å². The van der Waals surface area contributed by atoms with Crippen molar-refractivity contribution in [1.82, 2.24) is 5.16 Å². The minimum atomic E-state index is 0.0721. The van der Waals surface area contributed by atoms with Crippen molar-refractivity contribution in [3.63, 3.8) is 0 Å². The molecular weight excluding hydrogens is 372 g/mol. The quantitative estimate of drug-likeness (QED) is 0.650. The largest absolute Gasteiger partial charge is 0.361 e. The number of hydrogen-bond donors (Lipinski definition) is 3. The smallest absolute Gasteiger partial charge is 0.279 e. The molecule has 1 aromatic heterocycles. The molecule has 1 saturated heterocycles. The predicted octanol–water partition coefficient (Wildman–Crippen LogP) is -0.332. The SMILES string of the molecule is Cc1cc(C[NH+]2CC[NH+](CC(=O)Nc3ccc(Br)cc3)CC2)no1. The first kappa shape index (κ1) is 17.1. The number of nitrogens with zero attached hydrogens (tertiary/aromatic N) is 1. The Balaban J connectivity index is 1.41. The standard InChI is InChI=1S/C17H21BrN4O2/c1-13-10-16(20-24-13)11-21-6-8-22(9-7-21)12-17(23)19-15-4-2-14(18)3-5-15/h2-5,10H,6-9,11-12H2,1H3,(H,19,23)/p+2. The normalized spacial score (nSPS) is 20.8. The van der Waals surface area contributed by atoms with E-state index in [1.165, 1.54) is 9.80 Å². The van der Waals surface area contributed by atoms with Crippen molar-refractivity contribution in [2.45, 2.75) is 13.5 Å². The number of rotatable bonds is 5. The number of carbonyl (C=O) groups is 1. The van der Waals surface area contributed by atoms with Gasteiger partial charge in [0.1, 0.15) is 44.2 Å². The number of halogens is 1. The fraction of sp³-hybridized carbons (Fsp3) is 0.412. The Morgan fingerprint density at radius 3 is 2.50 bits per heavy atom. The van der Waals surface area contributed by atoms with Crippen LogP contribution in [0.15, 0.2) is 39.3 Å². The number of aryl methyl sites for hydroxylation is 1. The van der Waals surface area contributed by atoms with Crippen molar-refractivity contribution in [1.29, 1.82) is 0 Å². The van der Waals surface area contributed by atoms with E-state index < -0.39 is 0 Å². The maximum Gasteiger partial charge on any atom is 0.279 e. The molecule has 24 heavy (non-hydrogen) atoms. The molecule has 6 nitrogen and oxygen atoms in total. The summed E-state index contributed by atoms with van der Waals surface area (Å²) in [6, 6.07) is 9.66. The minimum Gasteiger partial charge on any atom is -0.361 e. The van der Waals surface area contributed by atoms with E-state index in [9.17, 15) is 4.79 Å². The summed E-state index contributed by atoms with van der Waals surface area (Å²) < 4.78 is 6.13. The average Bonchev–Trinajstić information content (AvgIpc) is 2.96. The van der Waals surface area contributed by atoms with Crippen LogP contribution in [0.1, 0.15) is 11.5 Å². The zero-order chi connectivity index (χ0) is 16.9. The van der Waals surface area contributed by atoms with Crippen LogP contribution in [-0.2, 0) is 11.3 Å². The van der Waals surface area contributed by atoms with E-state index in [0.29, 0.717) is 6.54 Å². The van der Waals surface area contributed by atoms with Gasteiger partial charge < -0.3 is 19.6 Å². The molecule has 1 amide bonds. The molecule has 2 heterocycles. The molecule has 2 aromatic rings. The molecule has 128 valence electrons. The van der Waals surface area contributed by atoms with Gasteiger partial charge in [0, 0.05) is 16.2 Å². The number of quaternary nitrogens is 2. The zero-order valence-electron chi connectivity index (χ0n) is 13.8. The zero-order valence-corrected chi connectivity index (χ0v) is 15.4. The second-order valence-electron chi connectivity index (χ2n) is 6.34. The van der Waals surface area contributed by atoms with Gasteiger partial charge in [-0.2, -0.15) is 0 Å². The van der Waals surface area contributed by atoms with Gasteiger partial charge in [-0.05, 0) is 31.2 Å². The Kier molecular flexibility index (Phi) is 5.65. The third-order valence-electron chi connectivity index (χ3n) is 4.31. The maximum absolute atomic E-state index is 12.2. The Morgan fingerprint density at radius 2 is 1.88 bits per heavy atom. The Hall–Kier alpha value is -1.70. The lowest BCUT2D eigenvalue weighted by Crippen LogP contribution is -3.28. The van der Waals surface area contributed by atoms with Gasteiger partial charge in [-0.25, -0.2) is 0 Å². The average molecular weight is 395 g/mol. The number of aromatic nitrogens is 1. The summed E-state index contributed by atoms with van der Waals surface area (Å²) >= 11 is 3.39. The third kappa shape index (κ3) is 4.90. The van der Waals surface area contributed by atoms with Crippen LogP contribution >= 0.6 is 15.9 Å². The lowest BCUT2D eigenvalue weighted by Gasteiger charge is -2.28. The van der Waals surface area contributed by atoms with Gasteiger partial charge in [-0.1, -0.05) is 21.1 Å². The van der Waals surface area contributed by atoms with Crippen LogP contribution in [0, 0.1) is 6.92 Å². The van der Waals surface area contributed by atoms with Gasteiger partial charge in [0.25, 0.3) is 5.91 Å². The molecule has 1 aliphatic rings. The van der Waals surface area contributed by atoms with E-state index in [4.69, 9.17) is 4.52 Å². The van der Waals surface area contributed by atoms with Crippen LogP contribution in [0.25, 0.3) is 0 Å². The molecule has 0 aliphatic carbocycles. The van der Waals surface area contributed by atoms with E-state index in [0.717, 1.165) is 54.3 Å². The van der Waals surface area contributed by atoms with Crippen LogP contribution in [0.4, 0.5) is 5.69 Å². The highest BCUT2D eigenvalue weighted by Gasteiger charge is 2.25. The molecule has 1 aromatic carbocycles. The van der Waals surface area contributed by atoms with Gasteiger partial charge in [0.05, 0.1) is 0 Å².